The second kappa shape index (κ2) is 7.09. The Hall–Kier alpha value is -2.99. The summed E-state index contributed by atoms with van der Waals surface area (Å²) < 4.78 is 2.90. The first-order valence-electron chi connectivity index (χ1n) is 8.12. The lowest BCUT2D eigenvalue weighted by Gasteiger charge is -2.01. The highest BCUT2D eigenvalue weighted by atomic mass is 79.9. The summed E-state index contributed by atoms with van der Waals surface area (Å²) >= 11 is 3.43. The van der Waals surface area contributed by atoms with Crippen molar-refractivity contribution in [1.82, 2.24) is 19.7 Å². The molecule has 128 valence electrons. The number of pyridine rings is 2. The zero-order valence-corrected chi connectivity index (χ0v) is 15.3. The van der Waals surface area contributed by atoms with Crippen LogP contribution in [0.25, 0.3) is 22.6 Å². The monoisotopic (exact) mass is 406 g/mol. The third kappa shape index (κ3) is 3.50. The summed E-state index contributed by atoms with van der Waals surface area (Å²) in [6, 6.07) is 13.6. The van der Waals surface area contributed by atoms with Crippen LogP contribution in [0, 0.1) is 0 Å². The average Bonchev–Trinajstić information content (AvgIpc) is 3.06. The molecule has 4 rings (SSSR count). The first-order chi connectivity index (χ1) is 12.7. The van der Waals surface area contributed by atoms with Gasteiger partial charge in [0, 0.05) is 34.5 Å². The quantitative estimate of drug-likeness (QED) is 0.521. The van der Waals surface area contributed by atoms with Crippen molar-refractivity contribution in [2.24, 2.45) is 0 Å². The fraction of sp³-hybridized carbons (Fsp3) is 0.0500. The van der Waals surface area contributed by atoms with Gasteiger partial charge in [-0.2, -0.15) is 0 Å². The molecule has 0 spiro atoms. The summed E-state index contributed by atoms with van der Waals surface area (Å²) in [4.78, 5) is 20.9. The number of rotatable bonds is 4. The average molecular weight is 407 g/mol. The number of fused-ring (bicyclic) bond motifs is 2. The molecule has 6 heteroatoms. The van der Waals surface area contributed by atoms with E-state index >= 15 is 0 Å². The molecule has 1 N–H and O–H groups in total. The Labute approximate surface area is 158 Å². The molecule has 0 bridgehead atoms. The van der Waals surface area contributed by atoms with Gasteiger partial charge in [0.15, 0.2) is 0 Å². The summed E-state index contributed by atoms with van der Waals surface area (Å²) in [6.07, 6.45) is 8.92. The third-order valence-corrected chi connectivity index (χ3v) is 4.47. The van der Waals surface area contributed by atoms with E-state index < -0.39 is 0 Å². The molecule has 3 aromatic heterocycles. The highest BCUT2D eigenvalue weighted by molar-refractivity contribution is 9.10. The van der Waals surface area contributed by atoms with Gasteiger partial charge in [-0.25, -0.2) is 4.98 Å². The van der Waals surface area contributed by atoms with Crippen LogP contribution in [0.3, 0.4) is 0 Å². The van der Waals surface area contributed by atoms with Gasteiger partial charge in [0.2, 0.25) is 5.91 Å². The molecule has 1 amide bonds. The smallest absolute Gasteiger partial charge is 0.244 e. The number of aromatic nitrogens is 3. The lowest BCUT2D eigenvalue weighted by atomic mass is 10.1. The van der Waals surface area contributed by atoms with Gasteiger partial charge >= 0.3 is 0 Å². The van der Waals surface area contributed by atoms with Gasteiger partial charge in [0.25, 0.3) is 0 Å². The molecule has 3 heterocycles. The molecule has 0 aliphatic carbocycles. The van der Waals surface area contributed by atoms with Crippen LogP contribution in [-0.4, -0.2) is 20.3 Å². The van der Waals surface area contributed by atoms with Gasteiger partial charge in [-0.1, -0.05) is 18.2 Å². The maximum Gasteiger partial charge on any atom is 0.244 e. The number of nitrogens with zero attached hydrogens (tertiary/aromatic N) is 3. The van der Waals surface area contributed by atoms with E-state index in [2.05, 4.69) is 31.2 Å². The van der Waals surface area contributed by atoms with E-state index in [9.17, 15) is 4.79 Å². The van der Waals surface area contributed by atoms with Gasteiger partial charge in [0.05, 0.1) is 17.8 Å². The minimum Gasteiger partial charge on any atom is -0.347 e. The van der Waals surface area contributed by atoms with Crippen LogP contribution >= 0.6 is 15.9 Å². The third-order valence-electron chi connectivity index (χ3n) is 4.01. The first kappa shape index (κ1) is 16.5. The van der Waals surface area contributed by atoms with Crippen molar-refractivity contribution in [2.75, 3.05) is 0 Å². The minimum atomic E-state index is -0.163. The van der Waals surface area contributed by atoms with Gasteiger partial charge < -0.3 is 9.72 Å². The van der Waals surface area contributed by atoms with Crippen molar-refractivity contribution in [2.45, 2.75) is 6.54 Å². The molecule has 0 unspecified atom stereocenters. The van der Waals surface area contributed by atoms with Crippen LogP contribution in [0.2, 0.25) is 0 Å². The van der Waals surface area contributed by atoms with E-state index in [0.29, 0.717) is 6.54 Å². The number of hydrogen-bond acceptors (Lipinski definition) is 3. The van der Waals surface area contributed by atoms with Crippen molar-refractivity contribution in [3.8, 4) is 0 Å². The molecule has 1 aromatic carbocycles. The van der Waals surface area contributed by atoms with Crippen LogP contribution in [0.4, 0.5) is 0 Å². The van der Waals surface area contributed by atoms with E-state index in [1.165, 1.54) is 6.08 Å². The van der Waals surface area contributed by atoms with Crippen LogP contribution in [0.1, 0.15) is 11.3 Å². The number of benzene rings is 1. The fourth-order valence-corrected chi connectivity index (χ4v) is 3.12. The normalized spacial score (nSPS) is 11.4. The summed E-state index contributed by atoms with van der Waals surface area (Å²) in [5, 5.41) is 3.88. The number of carbonyl (C=O) groups is 1. The Balaban J connectivity index is 1.45. The molecule has 5 nitrogen and oxygen atoms in total. The number of imidazole rings is 1. The summed E-state index contributed by atoms with van der Waals surface area (Å²) in [5.74, 6) is -0.163. The van der Waals surface area contributed by atoms with E-state index in [1.54, 1.807) is 12.3 Å². The van der Waals surface area contributed by atoms with Crippen molar-refractivity contribution < 1.29 is 4.79 Å². The largest absolute Gasteiger partial charge is 0.347 e. The van der Waals surface area contributed by atoms with Crippen LogP contribution in [-0.2, 0) is 11.3 Å². The lowest BCUT2D eigenvalue weighted by molar-refractivity contribution is -0.116. The number of amides is 1. The first-order valence-corrected chi connectivity index (χ1v) is 8.91. The predicted octanol–water partition coefficient (Wildman–Crippen LogP) is 3.97. The van der Waals surface area contributed by atoms with Crippen molar-refractivity contribution in [1.29, 1.82) is 0 Å². The summed E-state index contributed by atoms with van der Waals surface area (Å²) in [5.41, 5.74) is 3.52. The Kier molecular flexibility index (Phi) is 4.50. The van der Waals surface area contributed by atoms with E-state index in [0.717, 1.165) is 32.3 Å². The fourth-order valence-electron chi connectivity index (χ4n) is 2.77. The van der Waals surface area contributed by atoms with Gasteiger partial charge in [-0.05, 0) is 51.8 Å². The maximum absolute atomic E-state index is 12.1. The molecule has 4 aromatic rings. The molecule has 0 saturated carbocycles. The number of hydrogen-bond donors (Lipinski definition) is 1. The van der Waals surface area contributed by atoms with Crippen molar-refractivity contribution in [3.63, 3.8) is 0 Å². The maximum atomic E-state index is 12.1. The summed E-state index contributed by atoms with van der Waals surface area (Å²) in [7, 11) is 0. The Bertz CT molecular complexity index is 1130. The van der Waals surface area contributed by atoms with Crippen LogP contribution in [0.5, 0.6) is 0 Å². The highest BCUT2D eigenvalue weighted by Crippen LogP contribution is 2.17. The van der Waals surface area contributed by atoms with Gasteiger partial charge in [-0.15, -0.1) is 0 Å². The van der Waals surface area contributed by atoms with Gasteiger partial charge in [0.1, 0.15) is 5.65 Å². The van der Waals surface area contributed by atoms with Crippen LogP contribution in [0.15, 0.2) is 71.6 Å². The van der Waals surface area contributed by atoms with Gasteiger partial charge in [-0.3, -0.25) is 9.78 Å². The molecular formula is C20H15BrN4O. The predicted molar refractivity (Wildman–Crippen MR) is 106 cm³/mol. The molecule has 0 aliphatic heterocycles. The summed E-state index contributed by atoms with van der Waals surface area (Å²) in [6.45, 7) is 0.375. The Morgan fingerprint density at radius 3 is 2.96 bits per heavy atom. The molecule has 0 atom stereocenters. The second-order valence-electron chi connectivity index (χ2n) is 5.81. The number of halogens is 1. The molecule has 0 aliphatic rings. The van der Waals surface area contributed by atoms with Crippen LogP contribution < -0.4 is 5.32 Å². The number of para-hydroxylation sites is 1. The number of nitrogens with one attached hydrogen (secondary N) is 1. The lowest BCUT2D eigenvalue weighted by Crippen LogP contribution is -2.20. The molecule has 26 heavy (non-hydrogen) atoms. The van der Waals surface area contributed by atoms with E-state index in [-0.39, 0.29) is 5.91 Å². The van der Waals surface area contributed by atoms with Crippen molar-refractivity contribution in [3.05, 3.63) is 82.9 Å². The molecular weight excluding hydrogens is 392 g/mol. The van der Waals surface area contributed by atoms with E-state index in [4.69, 9.17) is 0 Å². The topological polar surface area (TPSA) is 59.3 Å². The standard InChI is InChI=1S/C20H15BrN4O/c21-15-6-7-19-24-16(13-25(19)12-15)11-23-20(26)8-5-14-9-10-22-18-4-2-1-3-17(14)18/h1-10,12-13H,11H2,(H,23,26)/b8-5+. The highest BCUT2D eigenvalue weighted by Gasteiger charge is 2.04. The van der Waals surface area contributed by atoms with E-state index in [1.807, 2.05) is 59.3 Å². The minimum absolute atomic E-state index is 0.163. The Morgan fingerprint density at radius 1 is 1.15 bits per heavy atom. The molecule has 0 fully saturated rings. The molecule has 0 saturated heterocycles. The Morgan fingerprint density at radius 2 is 2.04 bits per heavy atom. The van der Waals surface area contributed by atoms with Crippen molar-refractivity contribution >= 4 is 44.5 Å². The number of carbonyl (C=O) groups excluding carboxylic acids is 1. The molecule has 0 radical (unpaired) electrons. The zero-order valence-electron chi connectivity index (χ0n) is 13.8. The zero-order chi connectivity index (χ0) is 17.9. The second-order valence-corrected chi connectivity index (χ2v) is 6.73. The SMILES string of the molecule is O=C(/C=C/c1ccnc2ccccc12)NCc1cn2cc(Br)ccc2n1.